The molecular weight excluding hydrogens is 288 g/mol. The summed E-state index contributed by atoms with van der Waals surface area (Å²) in [5, 5.41) is 17.0. The van der Waals surface area contributed by atoms with Crippen molar-refractivity contribution in [3.05, 3.63) is 10.1 Å². The van der Waals surface area contributed by atoms with Gasteiger partial charge in [-0.3, -0.25) is 0 Å². The van der Waals surface area contributed by atoms with E-state index in [4.69, 9.17) is 0 Å². The van der Waals surface area contributed by atoms with Crippen molar-refractivity contribution in [2.24, 2.45) is 0 Å². The van der Waals surface area contributed by atoms with E-state index < -0.39 is 4.92 Å². The van der Waals surface area contributed by atoms with Crippen LogP contribution in [0.1, 0.15) is 71.1 Å². The van der Waals surface area contributed by atoms with Gasteiger partial charge in [-0.2, -0.15) is 0 Å². The molecule has 0 unspecified atom stereocenters. The summed E-state index contributed by atoms with van der Waals surface area (Å²) < 4.78 is 0. The molecule has 0 atom stereocenters. The van der Waals surface area contributed by atoms with E-state index >= 15 is 0 Å². The number of hydrogen-bond acceptors (Lipinski definition) is 5. The Bertz CT molecular complexity index is 398. The van der Waals surface area contributed by atoms with E-state index in [1.54, 1.807) is 0 Å². The lowest BCUT2D eigenvalue weighted by Crippen LogP contribution is -1.89. The van der Waals surface area contributed by atoms with Gasteiger partial charge in [-0.25, -0.2) is 0 Å². The van der Waals surface area contributed by atoms with E-state index in [1.165, 1.54) is 69.5 Å². The zero-order valence-corrected chi connectivity index (χ0v) is 13.7. The number of nitrogens with one attached hydrogen (secondary N) is 1. The van der Waals surface area contributed by atoms with Crippen LogP contribution in [0.15, 0.2) is 5.16 Å². The fourth-order valence-electron chi connectivity index (χ4n) is 2.14. The Labute approximate surface area is 130 Å². The van der Waals surface area contributed by atoms with Crippen LogP contribution >= 0.6 is 11.8 Å². The van der Waals surface area contributed by atoms with Crippen molar-refractivity contribution in [1.29, 1.82) is 0 Å². The largest absolute Gasteiger partial charge is 0.454 e. The Morgan fingerprint density at radius 3 is 2.14 bits per heavy atom. The second-order valence-electron chi connectivity index (χ2n) is 5.23. The Hall–Kier alpha value is -1.11. The van der Waals surface area contributed by atoms with Crippen LogP contribution < -0.4 is 0 Å². The highest BCUT2D eigenvalue weighted by atomic mass is 32.2. The second kappa shape index (κ2) is 11.5. The Morgan fingerprint density at radius 2 is 1.62 bits per heavy atom. The van der Waals surface area contributed by atoms with Crippen LogP contribution in [-0.2, 0) is 0 Å². The highest BCUT2D eigenvalue weighted by Gasteiger charge is 2.13. The molecule has 21 heavy (non-hydrogen) atoms. The predicted molar refractivity (Wildman–Crippen MR) is 85.6 cm³/mol. The maximum atomic E-state index is 10.4. The van der Waals surface area contributed by atoms with Crippen LogP contribution in [0.3, 0.4) is 0 Å². The maximum Gasteiger partial charge on any atom is 0.454 e. The van der Waals surface area contributed by atoms with Crippen molar-refractivity contribution in [1.82, 2.24) is 15.2 Å². The zero-order chi connectivity index (χ0) is 15.3. The number of nitrogens with zero attached hydrogens (tertiary/aromatic N) is 3. The van der Waals surface area contributed by atoms with Gasteiger partial charge in [-0.05, 0) is 16.3 Å². The number of H-pyrrole nitrogens is 1. The van der Waals surface area contributed by atoms with Crippen LogP contribution in [0.25, 0.3) is 0 Å². The minimum absolute atomic E-state index is 0.277. The van der Waals surface area contributed by atoms with Gasteiger partial charge in [0.15, 0.2) is 0 Å². The fourth-order valence-corrected chi connectivity index (χ4v) is 2.93. The third kappa shape index (κ3) is 8.70. The lowest BCUT2D eigenvalue weighted by atomic mass is 10.1. The first-order valence-electron chi connectivity index (χ1n) is 7.93. The molecule has 0 saturated carbocycles. The summed E-state index contributed by atoms with van der Waals surface area (Å²) in [5.74, 6) is 0.645. The normalized spacial score (nSPS) is 10.9. The first kappa shape index (κ1) is 17.9. The summed E-state index contributed by atoms with van der Waals surface area (Å²) in [5.41, 5.74) is 0. The second-order valence-corrected chi connectivity index (χ2v) is 6.29. The van der Waals surface area contributed by atoms with Crippen LogP contribution in [-0.4, -0.2) is 25.9 Å². The molecule has 0 radical (unpaired) electrons. The van der Waals surface area contributed by atoms with E-state index in [0.717, 1.165) is 12.2 Å². The number of thioether (sulfide) groups is 1. The maximum absolute atomic E-state index is 10.4. The molecule has 1 aromatic heterocycles. The zero-order valence-electron chi connectivity index (χ0n) is 12.8. The predicted octanol–water partition coefficient (Wildman–Crippen LogP) is 4.73. The summed E-state index contributed by atoms with van der Waals surface area (Å²) in [6.45, 7) is 2.24. The molecule has 120 valence electrons. The average Bonchev–Trinajstić information content (AvgIpc) is 2.94. The molecule has 0 fully saturated rings. The molecule has 1 N–H and O–H groups in total. The van der Waals surface area contributed by atoms with Crippen molar-refractivity contribution >= 4 is 17.7 Å². The van der Waals surface area contributed by atoms with Gasteiger partial charge in [0.1, 0.15) is 0 Å². The number of aromatic amines is 1. The number of rotatable bonds is 13. The van der Waals surface area contributed by atoms with E-state index in [9.17, 15) is 10.1 Å². The van der Waals surface area contributed by atoms with E-state index in [1.807, 2.05) is 0 Å². The van der Waals surface area contributed by atoms with Crippen molar-refractivity contribution in [2.75, 3.05) is 5.75 Å². The SMILES string of the molecule is CCCCCCCCCCCCSc1n[nH]c([N+](=O)[O-])n1. The van der Waals surface area contributed by atoms with Crippen molar-refractivity contribution in [3.8, 4) is 0 Å². The molecule has 6 nitrogen and oxygen atoms in total. The molecule has 7 heteroatoms. The number of hydrogen-bond donors (Lipinski definition) is 1. The molecule has 0 aliphatic rings. The fraction of sp³-hybridized carbons (Fsp3) is 0.857. The first-order valence-corrected chi connectivity index (χ1v) is 8.92. The Balaban J connectivity index is 1.89. The van der Waals surface area contributed by atoms with Gasteiger partial charge in [-0.15, -0.1) is 5.10 Å². The number of unbranched alkanes of at least 4 members (excludes halogenated alkanes) is 9. The van der Waals surface area contributed by atoms with Crippen LogP contribution in [0.4, 0.5) is 5.95 Å². The van der Waals surface area contributed by atoms with Crippen molar-refractivity contribution in [2.45, 2.75) is 76.3 Å². The van der Waals surface area contributed by atoms with Gasteiger partial charge in [0, 0.05) is 5.75 Å². The molecule has 0 aromatic carbocycles. The number of aromatic nitrogens is 3. The molecule has 0 aliphatic heterocycles. The standard InChI is InChI=1S/C14H26N4O2S/c1-2-3-4-5-6-7-8-9-10-11-12-21-14-15-13(16-17-14)18(19)20/h2-12H2,1H3,(H,15,16,17). The van der Waals surface area contributed by atoms with Gasteiger partial charge >= 0.3 is 5.95 Å². The quantitative estimate of drug-likeness (QED) is 0.246. The van der Waals surface area contributed by atoms with Crippen LogP contribution in [0, 0.1) is 10.1 Å². The van der Waals surface area contributed by atoms with Crippen LogP contribution in [0.2, 0.25) is 0 Å². The third-order valence-corrected chi connectivity index (χ3v) is 4.29. The van der Waals surface area contributed by atoms with Gasteiger partial charge in [0.2, 0.25) is 0 Å². The molecule has 0 aliphatic carbocycles. The van der Waals surface area contributed by atoms with E-state index in [-0.39, 0.29) is 5.95 Å². The molecule has 0 saturated heterocycles. The van der Waals surface area contributed by atoms with E-state index in [0.29, 0.717) is 5.16 Å². The molecule has 1 rings (SSSR count). The first-order chi connectivity index (χ1) is 10.2. The average molecular weight is 314 g/mol. The number of nitro groups is 1. The molecule has 1 heterocycles. The monoisotopic (exact) mass is 314 g/mol. The van der Waals surface area contributed by atoms with Crippen molar-refractivity contribution < 1.29 is 4.92 Å². The summed E-state index contributed by atoms with van der Waals surface area (Å²) in [7, 11) is 0. The van der Waals surface area contributed by atoms with Gasteiger partial charge in [-0.1, -0.05) is 81.6 Å². The lowest BCUT2D eigenvalue weighted by molar-refractivity contribution is -0.394. The molecule has 1 aromatic rings. The van der Waals surface area contributed by atoms with Crippen LogP contribution in [0.5, 0.6) is 0 Å². The third-order valence-electron chi connectivity index (χ3n) is 3.36. The minimum Gasteiger partial charge on any atom is -0.390 e. The van der Waals surface area contributed by atoms with E-state index in [2.05, 4.69) is 22.1 Å². The molecular formula is C14H26N4O2S. The topological polar surface area (TPSA) is 84.7 Å². The molecule has 0 spiro atoms. The minimum atomic E-state index is -0.558. The Morgan fingerprint density at radius 1 is 1.05 bits per heavy atom. The van der Waals surface area contributed by atoms with Gasteiger partial charge in [0.25, 0.3) is 5.16 Å². The lowest BCUT2D eigenvalue weighted by Gasteiger charge is -2.01. The summed E-state index contributed by atoms with van der Waals surface area (Å²) in [6.07, 6.45) is 13.1. The molecule has 0 amide bonds. The summed E-state index contributed by atoms with van der Waals surface area (Å²) in [4.78, 5) is 13.7. The summed E-state index contributed by atoms with van der Waals surface area (Å²) >= 11 is 1.48. The van der Waals surface area contributed by atoms with Gasteiger partial charge < -0.3 is 10.1 Å². The smallest absolute Gasteiger partial charge is 0.390 e. The van der Waals surface area contributed by atoms with Gasteiger partial charge in [0.05, 0.1) is 0 Å². The molecule has 0 bridgehead atoms. The summed E-state index contributed by atoms with van der Waals surface area (Å²) in [6, 6.07) is 0. The van der Waals surface area contributed by atoms with Crippen molar-refractivity contribution in [3.63, 3.8) is 0 Å². The Kier molecular flexibility index (Phi) is 9.86. The highest BCUT2D eigenvalue weighted by molar-refractivity contribution is 7.99. The highest BCUT2D eigenvalue weighted by Crippen LogP contribution is 2.18.